The van der Waals surface area contributed by atoms with Gasteiger partial charge in [-0.1, -0.05) is 13.3 Å². The van der Waals surface area contributed by atoms with E-state index in [1.807, 2.05) is 0 Å². The van der Waals surface area contributed by atoms with E-state index in [-0.39, 0.29) is 0 Å². The van der Waals surface area contributed by atoms with Gasteiger partial charge in [0.15, 0.2) is 0 Å². The smallest absolute Gasteiger partial charge is 0.00188 e. The third-order valence-electron chi connectivity index (χ3n) is 3.23. The van der Waals surface area contributed by atoms with Gasteiger partial charge in [-0.25, -0.2) is 0 Å². The predicted molar refractivity (Wildman–Crippen MR) is 62.7 cm³/mol. The predicted octanol–water partition coefficient (Wildman–Crippen LogP) is 2.20. The summed E-state index contributed by atoms with van der Waals surface area (Å²) in [6.07, 6.45) is 7.13. The van der Waals surface area contributed by atoms with Crippen LogP contribution in [-0.2, 0) is 0 Å². The van der Waals surface area contributed by atoms with Gasteiger partial charge in [-0.05, 0) is 65.5 Å². The second kappa shape index (κ2) is 7.24. The molecular weight excluding hydrogens is 172 g/mol. The fraction of sp³-hybridized carbons (Fsp3) is 1.00. The zero-order valence-corrected chi connectivity index (χ0v) is 9.97. The van der Waals surface area contributed by atoms with Crippen LogP contribution in [0.25, 0.3) is 0 Å². The molecule has 2 nitrogen and oxygen atoms in total. The van der Waals surface area contributed by atoms with Gasteiger partial charge < -0.3 is 9.80 Å². The molecule has 2 aliphatic rings. The molecule has 0 N–H and O–H groups in total. The number of hydrogen-bond donors (Lipinski definition) is 0. The maximum Gasteiger partial charge on any atom is -0.00188 e. The fourth-order valence-corrected chi connectivity index (χ4v) is 2.15. The molecule has 2 rings (SSSR count). The van der Waals surface area contributed by atoms with Crippen molar-refractivity contribution in [2.75, 3.05) is 39.8 Å². The van der Waals surface area contributed by atoms with E-state index in [0.717, 1.165) is 0 Å². The topological polar surface area (TPSA) is 6.48 Å². The summed E-state index contributed by atoms with van der Waals surface area (Å²) in [5.41, 5.74) is 0. The molecule has 84 valence electrons. The van der Waals surface area contributed by atoms with Crippen molar-refractivity contribution in [2.45, 2.75) is 39.0 Å². The molecule has 0 aromatic carbocycles. The van der Waals surface area contributed by atoms with Crippen molar-refractivity contribution >= 4 is 0 Å². The van der Waals surface area contributed by atoms with E-state index < -0.39 is 0 Å². The third-order valence-corrected chi connectivity index (χ3v) is 3.23. The van der Waals surface area contributed by atoms with Crippen LogP contribution in [0.4, 0.5) is 0 Å². The molecule has 0 aromatic heterocycles. The molecule has 0 amide bonds. The first-order valence-corrected chi connectivity index (χ1v) is 6.24. The lowest BCUT2D eigenvalue weighted by atomic mass is 10.1. The van der Waals surface area contributed by atoms with Gasteiger partial charge >= 0.3 is 0 Å². The maximum absolute atomic E-state index is 2.52. The lowest BCUT2D eigenvalue weighted by molar-refractivity contribution is 0.240. The normalized spacial score (nSPS) is 24.4. The van der Waals surface area contributed by atoms with Crippen molar-refractivity contribution in [3.63, 3.8) is 0 Å². The van der Waals surface area contributed by atoms with Crippen LogP contribution in [0.5, 0.6) is 0 Å². The average molecular weight is 198 g/mol. The Morgan fingerprint density at radius 3 is 1.57 bits per heavy atom. The molecular formula is C12H26N2. The molecule has 0 unspecified atom stereocenters. The highest BCUT2D eigenvalue weighted by atomic mass is 15.1. The van der Waals surface area contributed by atoms with E-state index in [0.29, 0.717) is 0 Å². The summed E-state index contributed by atoms with van der Waals surface area (Å²) in [6.45, 7) is 8.82. The Morgan fingerprint density at radius 2 is 1.29 bits per heavy atom. The summed E-state index contributed by atoms with van der Waals surface area (Å²) in [5.74, 6) is 0. The van der Waals surface area contributed by atoms with E-state index in [9.17, 15) is 0 Å². The van der Waals surface area contributed by atoms with Gasteiger partial charge in [-0.2, -0.15) is 0 Å². The third kappa shape index (κ3) is 4.97. The van der Waals surface area contributed by atoms with Gasteiger partial charge in [0.2, 0.25) is 0 Å². The van der Waals surface area contributed by atoms with Gasteiger partial charge in [0.05, 0.1) is 0 Å². The standard InChI is InChI=1S/C7H15N.C5H11N/c1-2-8-6-4-3-5-7-8;1-6-4-2-3-5-6/h2-7H2,1H3;2-5H2,1H3. The number of hydrogen-bond acceptors (Lipinski definition) is 2. The molecule has 2 heteroatoms. The first kappa shape index (κ1) is 12.0. The summed E-state index contributed by atoms with van der Waals surface area (Å²) < 4.78 is 0. The zero-order valence-electron chi connectivity index (χ0n) is 9.97. The average Bonchev–Trinajstić information content (AvgIpc) is 2.71. The summed E-state index contributed by atoms with van der Waals surface area (Å²) in [7, 11) is 2.17. The quantitative estimate of drug-likeness (QED) is 0.637. The van der Waals surface area contributed by atoms with E-state index >= 15 is 0 Å². The van der Waals surface area contributed by atoms with Crippen molar-refractivity contribution in [1.82, 2.24) is 9.80 Å². The molecule has 2 aliphatic heterocycles. The Hall–Kier alpha value is -0.0800. The van der Waals surface area contributed by atoms with Crippen molar-refractivity contribution < 1.29 is 0 Å². The summed E-state index contributed by atoms with van der Waals surface area (Å²) in [5, 5.41) is 0. The molecule has 0 aliphatic carbocycles. The van der Waals surface area contributed by atoms with Crippen molar-refractivity contribution in [3.05, 3.63) is 0 Å². The molecule has 2 saturated heterocycles. The molecule has 0 bridgehead atoms. The highest BCUT2D eigenvalue weighted by Crippen LogP contribution is 2.06. The molecule has 0 saturated carbocycles. The number of piperidine rings is 1. The highest BCUT2D eigenvalue weighted by Gasteiger charge is 2.05. The van der Waals surface area contributed by atoms with Crippen LogP contribution < -0.4 is 0 Å². The SMILES string of the molecule is CCN1CCCCC1.CN1CCCC1. The lowest BCUT2D eigenvalue weighted by Gasteiger charge is -2.24. The molecule has 0 spiro atoms. The monoisotopic (exact) mass is 198 g/mol. The minimum atomic E-state index is 1.25. The van der Waals surface area contributed by atoms with E-state index in [2.05, 4.69) is 23.8 Å². The first-order chi connectivity index (χ1) is 6.83. The number of nitrogens with zero attached hydrogens (tertiary/aromatic N) is 2. The first-order valence-electron chi connectivity index (χ1n) is 6.24. The summed E-state index contributed by atoms with van der Waals surface area (Å²) in [6, 6.07) is 0. The van der Waals surface area contributed by atoms with Crippen LogP contribution in [0.3, 0.4) is 0 Å². The van der Waals surface area contributed by atoms with Crippen molar-refractivity contribution in [1.29, 1.82) is 0 Å². The van der Waals surface area contributed by atoms with E-state index in [4.69, 9.17) is 0 Å². The minimum absolute atomic E-state index is 1.25. The zero-order chi connectivity index (χ0) is 10.2. The van der Waals surface area contributed by atoms with Crippen LogP contribution >= 0.6 is 0 Å². The van der Waals surface area contributed by atoms with Gasteiger partial charge in [-0.15, -0.1) is 0 Å². The van der Waals surface area contributed by atoms with E-state index in [1.165, 1.54) is 64.8 Å². The molecule has 2 heterocycles. The second-order valence-electron chi connectivity index (χ2n) is 4.51. The number of rotatable bonds is 1. The Balaban J connectivity index is 0.000000146. The Bertz CT molecular complexity index is 124. The van der Waals surface area contributed by atoms with Crippen LogP contribution in [-0.4, -0.2) is 49.6 Å². The molecule has 0 aromatic rings. The van der Waals surface area contributed by atoms with Crippen LogP contribution in [0, 0.1) is 0 Å². The maximum atomic E-state index is 2.52. The van der Waals surface area contributed by atoms with Crippen LogP contribution in [0.1, 0.15) is 39.0 Å². The lowest BCUT2D eigenvalue weighted by Crippen LogP contribution is -2.29. The fourth-order valence-electron chi connectivity index (χ4n) is 2.15. The highest BCUT2D eigenvalue weighted by molar-refractivity contribution is 4.61. The minimum Gasteiger partial charge on any atom is -0.306 e. The van der Waals surface area contributed by atoms with Gasteiger partial charge in [0.1, 0.15) is 0 Å². The molecule has 2 fully saturated rings. The molecule has 14 heavy (non-hydrogen) atoms. The Kier molecular flexibility index (Phi) is 6.20. The summed E-state index contributed by atoms with van der Waals surface area (Å²) in [4.78, 5) is 4.88. The van der Waals surface area contributed by atoms with Gasteiger partial charge in [0.25, 0.3) is 0 Å². The van der Waals surface area contributed by atoms with Gasteiger partial charge in [0, 0.05) is 0 Å². The Morgan fingerprint density at radius 1 is 0.786 bits per heavy atom. The largest absolute Gasteiger partial charge is 0.306 e. The van der Waals surface area contributed by atoms with E-state index in [1.54, 1.807) is 0 Å². The number of likely N-dealkylation sites (tertiary alicyclic amines) is 2. The van der Waals surface area contributed by atoms with Crippen LogP contribution in [0.2, 0.25) is 0 Å². The Labute approximate surface area is 89.3 Å². The molecule has 0 radical (unpaired) electrons. The molecule has 0 atom stereocenters. The van der Waals surface area contributed by atoms with Crippen molar-refractivity contribution in [2.24, 2.45) is 0 Å². The second-order valence-corrected chi connectivity index (χ2v) is 4.51. The van der Waals surface area contributed by atoms with Gasteiger partial charge in [-0.3, -0.25) is 0 Å². The van der Waals surface area contributed by atoms with Crippen LogP contribution in [0.15, 0.2) is 0 Å². The summed E-state index contributed by atoms with van der Waals surface area (Å²) >= 11 is 0. The van der Waals surface area contributed by atoms with Crippen molar-refractivity contribution in [3.8, 4) is 0 Å².